The first-order valence-corrected chi connectivity index (χ1v) is 11.4. The van der Waals surface area contributed by atoms with E-state index in [1.165, 1.54) is 19.0 Å². The molecule has 0 spiro atoms. The third-order valence-electron chi connectivity index (χ3n) is 7.32. The van der Waals surface area contributed by atoms with Crippen molar-refractivity contribution in [2.24, 2.45) is 11.8 Å². The minimum Gasteiger partial charge on any atom is -0.383 e. The van der Waals surface area contributed by atoms with Crippen molar-refractivity contribution in [2.75, 3.05) is 25.4 Å². The molecule has 6 nitrogen and oxygen atoms in total. The van der Waals surface area contributed by atoms with Gasteiger partial charge >= 0.3 is 6.18 Å². The summed E-state index contributed by atoms with van der Waals surface area (Å²) in [6.45, 7) is 9.03. The van der Waals surface area contributed by atoms with E-state index < -0.39 is 17.6 Å². The molecule has 32 heavy (non-hydrogen) atoms. The van der Waals surface area contributed by atoms with Crippen molar-refractivity contribution in [2.45, 2.75) is 63.9 Å². The van der Waals surface area contributed by atoms with Crippen molar-refractivity contribution in [3.8, 4) is 11.3 Å². The van der Waals surface area contributed by atoms with Crippen molar-refractivity contribution in [3.05, 3.63) is 29.6 Å². The Balaban J connectivity index is 1.37. The number of nitrogen functional groups attached to an aromatic ring is 1. The topological polar surface area (TPSA) is 69.2 Å². The van der Waals surface area contributed by atoms with Crippen LogP contribution in [0.1, 0.15) is 56.8 Å². The van der Waals surface area contributed by atoms with E-state index in [2.05, 4.69) is 35.8 Å². The number of nitrogens with zero attached hydrogens (tertiary/aromatic N) is 4. The fourth-order valence-electron chi connectivity index (χ4n) is 5.78. The fourth-order valence-corrected chi connectivity index (χ4v) is 5.78. The van der Waals surface area contributed by atoms with Gasteiger partial charge in [-0.15, -0.1) is 0 Å². The summed E-state index contributed by atoms with van der Waals surface area (Å²) in [5, 5.41) is 4.68. The second-order valence-electron chi connectivity index (χ2n) is 9.80. The van der Waals surface area contributed by atoms with Crippen LogP contribution in [0.4, 0.5) is 19.0 Å². The van der Waals surface area contributed by atoms with Crippen molar-refractivity contribution < 1.29 is 17.9 Å². The fraction of sp³-hybridized carbons (Fsp3) is 0.652. The molecule has 0 radical (unpaired) electrons. The minimum absolute atomic E-state index is 0.125. The summed E-state index contributed by atoms with van der Waals surface area (Å²) in [5.41, 5.74) is 6.55. The largest absolute Gasteiger partial charge is 0.419 e. The van der Waals surface area contributed by atoms with Gasteiger partial charge in [0.05, 0.1) is 24.0 Å². The highest BCUT2D eigenvalue weighted by Crippen LogP contribution is 2.64. The van der Waals surface area contributed by atoms with Crippen LogP contribution in [0.3, 0.4) is 0 Å². The third kappa shape index (κ3) is 3.79. The lowest BCUT2D eigenvalue weighted by Gasteiger charge is -2.36. The van der Waals surface area contributed by atoms with Gasteiger partial charge in [-0.3, -0.25) is 9.58 Å². The lowest BCUT2D eigenvalue weighted by atomic mass is 10.0. The Hall–Kier alpha value is -2.13. The van der Waals surface area contributed by atoms with E-state index in [1.54, 1.807) is 0 Å². The highest BCUT2D eigenvalue weighted by atomic mass is 19.4. The van der Waals surface area contributed by atoms with Gasteiger partial charge in [-0.05, 0) is 57.6 Å². The number of ether oxygens (including phenoxy) is 1. The van der Waals surface area contributed by atoms with E-state index in [-0.39, 0.29) is 12.1 Å². The molecule has 3 heterocycles. The lowest BCUT2D eigenvalue weighted by Crippen LogP contribution is -2.46. The molecule has 3 fully saturated rings. The molecule has 1 saturated heterocycles. The number of anilines is 1. The third-order valence-corrected chi connectivity index (χ3v) is 7.32. The second-order valence-corrected chi connectivity index (χ2v) is 9.80. The monoisotopic (exact) mass is 449 g/mol. The summed E-state index contributed by atoms with van der Waals surface area (Å²) >= 11 is 0. The second kappa shape index (κ2) is 7.73. The summed E-state index contributed by atoms with van der Waals surface area (Å²) < 4.78 is 47.6. The van der Waals surface area contributed by atoms with Crippen LogP contribution in [0.15, 0.2) is 18.3 Å². The Morgan fingerprint density at radius 2 is 1.91 bits per heavy atom. The minimum atomic E-state index is -4.55. The molecule has 2 saturated carbocycles. The first-order valence-electron chi connectivity index (χ1n) is 11.4. The molecule has 0 aromatic carbocycles. The zero-order valence-electron chi connectivity index (χ0n) is 18.6. The molecule has 2 aromatic rings. The van der Waals surface area contributed by atoms with Crippen molar-refractivity contribution in [1.82, 2.24) is 19.7 Å². The number of halogens is 3. The molecule has 3 aliphatic rings. The van der Waals surface area contributed by atoms with Gasteiger partial charge in [-0.2, -0.15) is 18.3 Å². The van der Waals surface area contributed by atoms with Crippen molar-refractivity contribution in [3.63, 3.8) is 0 Å². The number of hydrogen-bond donors (Lipinski definition) is 1. The van der Waals surface area contributed by atoms with Crippen molar-refractivity contribution >= 4 is 5.82 Å². The van der Waals surface area contributed by atoms with E-state index in [1.807, 2.05) is 10.7 Å². The molecule has 2 aromatic heterocycles. The zero-order chi connectivity index (χ0) is 22.8. The predicted octanol–water partition coefficient (Wildman–Crippen LogP) is 4.34. The summed E-state index contributed by atoms with van der Waals surface area (Å²) in [4.78, 5) is 6.35. The van der Waals surface area contributed by atoms with Gasteiger partial charge in [0.1, 0.15) is 5.82 Å². The van der Waals surface area contributed by atoms with Gasteiger partial charge in [-0.1, -0.05) is 0 Å². The smallest absolute Gasteiger partial charge is 0.383 e. The SMILES string of the molecule is CC(C)n1nc(-c2cnc(N)c(C(F)(F)F)c2)cc1[C@H]1[C@@H]2CC(N3CCO[C@@H](C)C3)C[C@@H]21. The summed E-state index contributed by atoms with van der Waals surface area (Å²) in [6.07, 6.45) is -0.540. The number of alkyl halides is 3. The van der Waals surface area contributed by atoms with Gasteiger partial charge in [-0.25, -0.2) is 4.98 Å². The number of morpholine rings is 1. The molecule has 2 N–H and O–H groups in total. The number of rotatable bonds is 4. The molecule has 2 aliphatic carbocycles. The molecule has 1 unspecified atom stereocenters. The first-order chi connectivity index (χ1) is 15.1. The van der Waals surface area contributed by atoms with Gasteiger partial charge in [0, 0.05) is 48.5 Å². The molecule has 5 rings (SSSR count). The van der Waals surface area contributed by atoms with Gasteiger partial charge in [0.25, 0.3) is 0 Å². The number of fused-ring (bicyclic) bond motifs is 1. The van der Waals surface area contributed by atoms with Crippen LogP contribution in [0.2, 0.25) is 0 Å². The highest BCUT2D eigenvalue weighted by molar-refractivity contribution is 5.63. The van der Waals surface area contributed by atoms with Crippen LogP contribution in [0.5, 0.6) is 0 Å². The Labute approximate surface area is 185 Å². The van der Waals surface area contributed by atoms with Crippen LogP contribution in [-0.2, 0) is 10.9 Å². The Morgan fingerprint density at radius 1 is 1.19 bits per heavy atom. The highest BCUT2D eigenvalue weighted by Gasteiger charge is 2.58. The van der Waals surface area contributed by atoms with E-state index in [9.17, 15) is 13.2 Å². The van der Waals surface area contributed by atoms with Gasteiger partial charge in [0.2, 0.25) is 0 Å². The van der Waals surface area contributed by atoms with Crippen LogP contribution in [-0.4, -0.2) is 51.5 Å². The molecule has 9 heteroatoms. The molecule has 174 valence electrons. The average molecular weight is 450 g/mol. The Bertz CT molecular complexity index is 992. The maximum Gasteiger partial charge on any atom is 0.419 e. The van der Waals surface area contributed by atoms with Crippen molar-refractivity contribution in [1.29, 1.82) is 0 Å². The first kappa shape index (κ1) is 21.7. The van der Waals surface area contributed by atoms with Crippen LogP contribution in [0, 0.1) is 11.8 Å². The number of nitrogens with two attached hydrogens (primary N) is 1. The predicted molar refractivity (Wildman–Crippen MR) is 115 cm³/mol. The van der Waals surface area contributed by atoms with Gasteiger partial charge in [0.15, 0.2) is 0 Å². The summed E-state index contributed by atoms with van der Waals surface area (Å²) in [6, 6.07) is 3.75. The molecular weight excluding hydrogens is 419 g/mol. The number of hydrogen-bond acceptors (Lipinski definition) is 5. The van der Waals surface area contributed by atoms with Crippen LogP contribution in [0.25, 0.3) is 11.3 Å². The quantitative estimate of drug-likeness (QED) is 0.752. The van der Waals surface area contributed by atoms with E-state index >= 15 is 0 Å². The normalized spacial score (nSPS) is 30.7. The number of pyridine rings is 1. The van der Waals surface area contributed by atoms with Crippen LogP contribution < -0.4 is 5.73 Å². The van der Waals surface area contributed by atoms with E-state index in [0.717, 1.165) is 31.5 Å². The summed E-state index contributed by atoms with van der Waals surface area (Å²) in [5.74, 6) is 1.16. The summed E-state index contributed by atoms with van der Waals surface area (Å²) in [7, 11) is 0. The Morgan fingerprint density at radius 3 is 2.53 bits per heavy atom. The van der Waals surface area contributed by atoms with E-state index in [0.29, 0.717) is 35.1 Å². The zero-order valence-corrected chi connectivity index (χ0v) is 18.6. The Kier molecular flexibility index (Phi) is 5.24. The molecule has 0 amide bonds. The van der Waals surface area contributed by atoms with Gasteiger partial charge < -0.3 is 10.5 Å². The molecule has 1 aliphatic heterocycles. The molecule has 5 atom stereocenters. The number of aromatic nitrogens is 3. The maximum absolute atomic E-state index is 13.3. The maximum atomic E-state index is 13.3. The standard InChI is InChI=1S/C23H30F3N5O/c1-12(2)31-20(9-19(29-31)14-6-18(23(24,25)26)22(27)28-10-14)21-16-7-15(8-17(16)21)30-4-5-32-13(3)11-30/h6,9-10,12-13,15-17,21H,4-5,7-8,11H2,1-3H3,(H2,27,28)/t13-,15?,16-,17+,21+/m0/s1. The average Bonchev–Trinajstić information content (AvgIpc) is 3.08. The molecular formula is C23H30F3N5O. The molecule has 0 bridgehead atoms. The van der Waals surface area contributed by atoms with E-state index in [4.69, 9.17) is 10.5 Å². The van der Waals surface area contributed by atoms with Crippen LogP contribution >= 0.6 is 0 Å². The lowest BCUT2D eigenvalue weighted by molar-refractivity contribution is -0.137.